The second-order valence-corrected chi connectivity index (χ2v) is 9.61. The Bertz CT molecular complexity index is 419. The number of hydrogen-bond acceptors (Lipinski definition) is 2. The summed E-state index contributed by atoms with van der Waals surface area (Å²) in [5.74, 6) is 2.01. The van der Waals surface area contributed by atoms with Crippen molar-refractivity contribution in [3.05, 3.63) is 0 Å². The van der Waals surface area contributed by atoms with E-state index >= 15 is 0 Å². The van der Waals surface area contributed by atoms with Crippen LogP contribution in [0.3, 0.4) is 0 Å². The Hall–Kier alpha value is -0.480. The maximum atomic E-state index is 11.3. The Labute approximate surface area is 152 Å². The minimum atomic E-state index is -0.416. The van der Waals surface area contributed by atoms with Gasteiger partial charge in [-0.25, -0.2) is 4.79 Å². The van der Waals surface area contributed by atoms with E-state index in [-0.39, 0.29) is 6.04 Å². The predicted octanol–water partition coefficient (Wildman–Crippen LogP) is 3.83. The molecule has 1 saturated heterocycles. The first-order valence-electron chi connectivity index (χ1n) is 9.61. The molecule has 0 spiro atoms. The van der Waals surface area contributed by atoms with Gasteiger partial charge >= 0.3 is 6.03 Å². The molecule has 24 heavy (non-hydrogen) atoms. The van der Waals surface area contributed by atoms with Crippen molar-refractivity contribution in [2.45, 2.75) is 71.2 Å². The summed E-state index contributed by atoms with van der Waals surface area (Å²) in [5.41, 5.74) is 5.66. The topological polar surface area (TPSA) is 58.4 Å². The lowest BCUT2D eigenvalue weighted by Gasteiger charge is -2.49. The third kappa shape index (κ3) is 5.26. The molecule has 1 aliphatic heterocycles. The molecule has 2 fully saturated rings. The van der Waals surface area contributed by atoms with Gasteiger partial charge in [-0.1, -0.05) is 27.7 Å². The molecule has 0 bridgehead atoms. The van der Waals surface area contributed by atoms with E-state index in [2.05, 4.69) is 37.9 Å². The highest BCUT2D eigenvalue weighted by molar-refractivity contribution is 6.20. The van der Waals surface area contributed by atoms with E-state index < -0.39 is 6.03 Å². The first-order chi connectivity index (χ1) is 11.2. The molecule has 2 aliphatic rings. The van der Waals surface area contributed by atoms with Crippen LogP contribution in [0.5, 0.6) is 0 Å². The molecular weight excluding hydrogens is 322 g/mol. The maximum Gasteiger partial charge on any atom is 0.312 e. The summed E-state index contributed by atoms with van der Waals surface area (Å²) in [4.78, 5) is 13.8. The molecular formula is C19H36ClN3O. The van der Waals surface area contributed by atoms with Crippen molar-refractivity contribution in [2.75, 3.05) is 19.6 Å². The Morgan fingerprint density at radius 3 is 2.38 bits per heavy atom. The monoisotopic (exact) mass is 357 g/mol. The molecule has 0 aromatic rings. The lowest BCUT2D eigenvalue weighted by atomic mass is 9.64. The zero-order valence-electron chi connectivity index (χ0n) is 15.9. The second-order valence-electron chi connectivity index (χ2n) is 8.99. The molecule has 0 radical (unpaired) electrons. The van der Waals surface area contributed by atoms with Crippen LogP contribution < -0.4 is 11.1 Å². The van der Waals surface area contributed by atoms with Gasteiger partial charge in [0.1, 0.15) is 0 Å². The molecule has 4 nitrogen and oxygen atoms in total. The number of alkyl halides is 1. The van der Waals surface area contributed by atoms with Gasteiger partial charge < -0.3 is 16.0 Å². The minimum absolute atomic E-state index is 0.126. The summed E-state index contributed by atoms with van der Waals surface area (Å²) in [6, 6.07) is -0.290. The highest BCUT2D eigenvalue weighted by Crippen LogP contribution is 2.45. The molecule has 0 aromatic heterocycles. The Morgan fingerprint density at radius 1 is 1.25 bits per heavy atom. The average molecular weight is 358 g/mol. The summed E-state index contributed by atoms with van der Waals surface area (Å²) in [5, 5.41) is 3.32. The molecule has 1 unspecified atom stereocenters. The van der Waals surface area contributed by atoms with Crippen LogP contribution in [0.1, 0.15) is 59.8 Å². The number of rotatable bonds is 5. The van der Waals surface area contributed by atoms with Gasteiger partial charge in [-0.2, -0.15) is 0 Å². The van der Waals surface area contributed by atoms with Gasteiger partial charge in [-0.05, 0) is 61.8 Å². The van der Waals surface area contributed by atoms with E-state index in [4.69, 9.17) is 17.3 Å². The molecule has 2 amide bonds. The summed E-state index contributed by atoms with van der Waals surface area (Å²) in [7, 11) is 0. The number of urea groups is 1. The zero-order valence-corrected chi connectivity index (χ0v) is 16.6. The van der Waals surface area contributed by atoms with E-state index in [1.165, 1.54) is 32.1 Å². The summed E-state index contributed by atoms with van der Waals surface area (Å²) < 4.78 is 0. The first-order valence-corrected chi connectivity index (χ1v) is 10.0. The van der Waals surface area contributed by atoms with Gasteiger partial charge in [-0.15, -0.1) is 11.6 Å². The quantitative estimate of drug-likeness (QED) is 0.735. The lowest BCUT2D eigenvalue weighted by molar-refractivity contribution is 0.00550. The molecule has 1 saturated carbocycles. The fourth-order valence-electron chi connectivity index (χ4n) is 4.88. The predicted molar refractivity (Wildman–Crippen MR) is 101 cm³/mol. The highest BCUT2D eigenvalue weighted by Gasteiger charge is 2.41. The Kier molecular flexibility index (Phi) is 6.83. The summed E-state index contributed by atoms with van der Waals surface area (Å²) >= 11 is 6.29. The highest BCUT2D eigenvalue weighted by atomic mass is 35.5. The third-order valence-electron chi connectivity index (χ3n) is 6.25. The van der Waals surface area contributed by atoms with Crippen LogP contribution in [0.25, 0.3) is 0 Å². The van der Waals surface area contributed by atoms with Crippen molar-refractivity contribution in [1.82, 2.24) is 10.2 Å². The average Bonchev–Trinajstić information content (AvgIpc) is 2.46. The summed E-state index contributed by atoms with van der Waals surface area (Å²) in [6.45, 7) is 12.2. The molecule has 2 atom stereocenters. The molecule has 3 N–H and O–H groups in total. The number of likely N-dealkylation sites (tertiary alicyclic amines) is 1. The van der Waals surface area contributed by atoms with E-state index in [9.17, 15) is 4.79 Å². The third-order valence-corrected chi connectivity index (χ3v) is 6.69. The Balaban J connectivity index is 1.93. The van der Waals surface area contributed by atoms with Crippen molar-refractivity contribution in [3.8, 4) is 0 Å². The number of piperidine rings is 1. The van der Waals surface area contributed by atoms with Gasteiger partial charge in [0, 0.05) is 24.5 Å². The number of halogens is 1. The van der Waals surface area contributed by atoms with Crippen LogP contribution in [0.15, 0.2) is 0 Å². The van der Waals surface area contributed by atoms with Crippen molar-refractivity contribution in [1.29, 1.82) is 0 Å². The van der Waals surface area contributed by atoms with Crippen LogP contribution in [-0.4, -0.2) is 42.0 Å². The molecule has 140 valence electrons. The van der Waals surface area contributed by atoms with Gasteiger partial charge in [0.25, 0.3) is 0 Å². The van der Waals surface area contributed by atoms with E-state index in [1.54, 1.807) is 0 Å². The van der Waals surface area contributed by atoms with Crippen molar-refractivity contribution in [2.24, 2.45) is 28.9 Å². The minimum Gasteiger partial charge on any atom is -0.352 e. The van der Waals surface area contributed by atoms with Crippen molar-refractivity contribution >= 4 is 17.6 Å². The largest absolute Gasteiger partial charge is 0.352 e. The number of nitrogens with zero attached hydrogens (tertiary/aromatic N) is 1. The molecule has 2 rings (SSSR count). The maximum absolute atomic E-state index is 11.3. The SMILES string of the molecule is CC(C)[C@H](CN1CCC(C2CCC(Cl)CC2)C(C)(C)C1)NC(N)=O. The van der Waals surface area contributed by atoms with Crippen LogP contribution in [0.2, 0.25) is 0 Å². The smallest absolute Gasteiger partial charge is 0.312 e. The van der Waals surface area contributed by atoms with Crippen molar-refractivity contribution in [3.63, 3.8) is 0 Å². The van der Waals surface area contributed by atoms with Gasteiger partial charge in [0.2, 0.25) is 0 Å². The molecule has 1 heterocycles. The first kappa shape index (κ1) is 19.8. The van der Waals surface area contributed by atoms with Gasteiger partial charge in [0.15, 0.2) is 0 Å². The van der Waals surface area contributed by atoms with Crippen molar-refractivity contribution < 1.29 is 4.79 Å². The fraction of sp³-hybridized carbons (Fsp3) is 0.947. The van der Waals surface area contributed by atoms with E-state index in [1.807, 2.05) is 0 Å². The van der Waals surface area contributed by atoms with Gasteiger partial charge in [-0.3, -0.25) is 0 Å². The summed E-state index contributed by atoms with van der Waals surface area (Å²) in [6.07, 6.45) is 6.20. The number of primary amides is 1. The Morgan fingerprint density at radius 2 is 1.88 bits per heavy atom. The van der Waals surface area contributed by atoms with Crippen LogP contribution in [0.4, 0.5) is 4.79 Å². The molecule has 0 aromatic carbocycles. The van der Waals surface area contributed by atoms with E-state index in [0.717, 1.165) is 31.5 Å². The fourth-order valence-corrected chi connectivity index (χ4v) is 5.13. The number of hydrogen-bond donors (Lipinski definition) is 2. The normalized spacial score (nSPS) is 32.5. The van der Waals surface area contributed by atoms with Crippen LogP contribution in [0, 0.1) is 23.2 Å². The number of nitrogens with two attached hydrogens (primary N) is 1. The standard InChI is InChI=1S/C19H36ClN3O/c1-13(2)17(22-18(21)24)11-23-10-9-16(19(3,4)12-23)14-5-7-15(20)8-6-14/h13-17H,5-12H2,1-4H3,(H3,21,22,24)/t14?,15?,16?,17-/m0/s1. The second kappa shape index (κ2) is 8.27. The number of carbonyl (C=O) groups is 1. The molecule has 1 aliphatic carbocycles. The number of nitrogens with one attached hydrogen (secondary N) is 1. The van der Waals surface area contributed by atoms with Crippen LogP contribution in [-0.2, 0) is 0 Å². The zero-order chi connectivity index (χ0) is 17.9. The van der Waals surface area contributed by atoms with Gasteiger partial charge in [0.05, 0.1) is 0 Å². The number of carbonyl (C=O) groups excluding carboxylic acids is 1. The lowest BCUT2D eigenvalue weighted by Crippen LogP contribution is -2.54. The van der Waals surface area contributed by atoms with Crippen LogP contribution >= 0.6 is 11.6 Å². The van der Waals surface area contributed by atoms with E-state index in [0.29, 0.717) is 16.7 Å². The number of amides is 2. The molecule has 5 heteroatoms.